The molecule has 0 fully saturated rings. The molecule has 3 amide bonds. The second-order valence-corrected chi connectivity index (χ2v) is 8.65. The molecule has 0 aliphatic rings. The summed E-state index contributed by atoms with van der Waals surface area (Å²) in [6.45, 7) is 5.75. The van der Waals surface area contributed by atoms with Crippen molar-refractivity contribution in [2.75, 3.05) is 5.32 Å². The zero-order chi connectivity index (χ0) is 26.5. The number of halogens is 1. The zero-order valence-electron chi connectivity index (χ0n) is 20.7. The zero-order valence-corrected chi connectivity index (χ0v) is 20.7. The van der Waals surface area contributed by atoms with Crippen molar-refractivity contribution in [2.45, 2.75) is 40.3 Å². The summed E-state index contributed by atoms with van der Waals surface area (Å²) in [6.07, 6.45) is 3.08. The highest BCUT2D eigenvalue weighted by atomic mass is 19.1. The number of nitrogens with zero attached hydrogens (tertiary/aromatic N) is 2. The van der Waals surface area contributed by atoms with Crippen molar-refractivity contribution >= 4 is 34.4 Å². The molecular weight excluding hydrogens is 475 g/mol. The predicted octanol–water partition coefficient (Wildman–Crippen LogP) is 3.92. The van der Waals surface area contributed by atoms with Gasteiger partial charge < -0.3 is 20.9 Å². The highest BCUT2D eigenvalue weighted by Crippen LogP contribution is 2.20. The van der Waals surface area contributed by atoms with Crippen LogP contribution in [0, 0.1) is 19.7 Å². The van der Waals surface area contributed by atoms with Crippen LogP contribution in [0.25, 0.3) is 11.0 Å². The largest absolute Gasteiger partial charge is 0.357 e. The van der Waals surface area contributed by atoms with E-state index in [1.165, 1.54) is 18.6 Å². The highest BCUT2D eigenvalue weighted by molar-refractivity contribution is 6.10. The Kier molecular flexibility index (Phi) is 7.57. The van der Waals surface area contributed by atoms with Crippen LogP contribution in [-0.2, 0) is 17.9 Å². The van der Waals surface area contributed by atoms with Gasteiger partial charge in [0.05, 0.1) is 11.1 Å². The highest BCUT2D eigenvalue weighted by Gasteiger charge is 2.19. The van der Waals surface area contributed by atoms with Crippen LogP contribution in [0.15, 0.2) is 48.9 Å². The number of nitrogens with one attached hydrogen (secondary N) is 4. The van der Waals surface area contributed by atoms with Crippen LogP contribution in [0.5, 0.6) is 0 Å². The molecule has 4 rings (SSSR count). The smallest absolute Gasteiger partial charge is 0.272 e. The number of carbonyl (C=O) groups is 3. The molecule has 190 valence electrons. The first-order valence-corrected chi connectivity index (χ1v) is 11.8. The van der Waals surface area contributed by atoms with Gasteiger partial charge in [-0.25, -0.2) is 14.4 Å². The molecule has 0 aliphatic heterocycles. The average Bonchev–Trinajstić information content (AvgIpc) is 3.33. The van der Waals surface area contributed by atoms with Crippen molar-refractivity contribution in [3.63, 3.8) is 0 Å². The van der Waals surface area contributed by atoms with Crippen LogP contribution < -0.4 is 16.0 Å². The van der Waals surface area contributed by atoms with Gasteiger partial charge in [-0.2, -0.15) is 0 Å². The first kappa shape index (κ1) is 25.5. The molecule has 4 aromatic rings. The van der Waals surface area contributed by atoms with E-state index in [1.807, 2.05) is 25.1 Å². The lowest BCUT2D eigenvalue weighted by atomic mass is 10.1. The first-order valence-electron chi connectivity index (χ1n) is 11.8. The first-order chi connectivity index (χ1) is 17.8. The van der Waals surface area contributed by atoms with E-state index in [9.17, 15) is 18.8 Å². The summed E-state index contributed by atoms with van der Waals surface area (Å²) in [5.74, 6) is -1.23. The molecule has 2 aromatic carbocycles. The molecule has 0 radical (unpaired) electrons. The molecule has 0 spiro atoms. The number of benzene rings is 2. The number of anilines is 1. The molecule has 0 bridgehead atoms. The number of aromatic nitrogens is 3. The number of aryl methyl sites for hydroxylation is 2. The summed E-state index contributed by atoms with van der Waals surface area (Å²) in [7, 11) is 0. The molecule has 10 heteroatoms. The molecule has 4 N–H and O–H groups in total. The fraction of sp³-hybridized carbons (Fsp3) is 0.222. The second kappa shape index (κ2) is 11.0. The Labute approximate surface area is 212 Å². The number of aromatic amines is 1. The Hall–Kier alpha value is -4.60. The van der Waals surface area contributed by atoms with Gasteiger partial charge in [0.1, 0.15) is 17.7 Å². The SMILES string of the molecule is CCC(=O)Nc1cc(CNC(=O)c2ncnc3c(C(=O)NCc4ccc(F)c(C)c4)c[nH]c23)ccc1C. The summed E-state index contributed by atoms with van der Waals surface area (Å²) in [5, 5.41) is 8.47. The maximum absolute atomic E-state index is 13.5. The lowest BCUT2D eigenvalue weighted by Crippen LogP contribution is -2.25. The van der Waals surface area contributed by atoms with E-state index < -0.39 is 5.91 Å². The van der Waals surface area contributed by atoms with E-state index in [4.69, 9.17) is 0 Å². The normalized spacial score (nSPS) is 10.8. The lowest BCUT2D eigenvalue weighted by Gasteiger charge is -2.11. The van der Waals surface area contributed by atoms with E-state index in [0.717, 1.165) is 16.7 Å². The molecule has 0 unspecified atom stereocenters. The molecule has 2 aromatic heterocycles. The molecule has 0 saturated heterocycles. The van der Waals surface area contributed by atoms with E-state index in [-0.39, 0.29) is 42.0 Å². The van der Waals surface area contributed by atoms with Gasteiger partial charge in [0.15, 0.2) is 5.69 Å². The fourth-order valence-corrected chi connectivity index (χ4v) is 3.80. The third kappa shape index (κ3) is 5.80. The molecule has 2 heterocycles. The van der Waals surface area contributed by atoms with Gasteiger partial charge in [0.2, 0.25) is 5.91 Å². The van der Waals surface area contributed by atoms with Crippen molar-refractivity contribution in [1.82, 2.24) is 25.6 Å². The Morgan fingerprint density at radius 2 is 1.62 bits per heavy atom. The van der Waals surface area contributed by atoms with Crippen molar-refractivity contribution in [1.29, 1.82) is 0 Å². The number of hydrogen-bond acceptors (Lipinski definition) is 5. The number of fused-ring (bicyclic) bond motifs is 1. The average molecular weight is 503 g/mol. The van der Waals surface area contributed by atoms with Crippen LogP contribution >= 0.6 is 0 Å². The van der Waals surface area contributed by atoms with Crippen LogP contribution in [0.4, 0.5) is 10.1 Å². The lowest BCUT2D eigenvalue weighted by molar-refractivity contribution is -0.115. The maximum Gasteiger partial charge on any atom is 0.272 e. The number of amides is 3. The molecule has 0 aliphatic carbocycles. The Balaban J connectivity index is 1.46. The monoisotopic (exact) mass is 502 g/mol. The standard InChI is InChI=1S/C27H27FN6O3/c1-4-22(35)34-21-10-18(6-5-15(21)2)12-31-27(37)25-24-23(32-14-33-25)19(13-29-24)26(36)30-11-17-7-8-20(28)16(3)9-17/h5-10,13-14,29H,4,11-12H2,1-3H3,(H,30,36)(H,31,37)(H,34,35). The van der Waals surface area contributed by atoms with Crippen LogP contribution in [-0.4, -0.2) is 32.7 Å². The minimum Gasteiger partial charge on any atom is -0.357 e. The number of H-pyrrole nitrogens is 1. The van der Waals surface area contributed by atoms with Gasteiger partial charge in [0, 0.05) is 31.4 Å². The Morgan fingerprint density at radius 3 is 2.35 bits per heavy atom. The van der Waals surface area contributed by atoms with Crippen molar-refractivity contribution in [3.05, 3.63) is 88.3 Å². The summed E-state index contributed by atoms with van der Waals surface area (Å²) in [4.78, 5) is 48.7. The molecule has 0 saturated carbocycles. The summed E-state index contributed by atoms with van der Waals surface area (Å²) in [5.41, 5.74) is 4.68. The maximum atomic E-state index is 13.5. The molecule has 0 atom stereocenters. The number of rotatable bonds is 8. The number of hydrogen-bond donors (Lipinski definition) is 4. The molecule has 37 heavy (non-hydrogen) atoms. The second-order valence-electron chi connectivity index (χ2n) is 8.65. The number of carbonyl (C=O) groups excluding carboxylic acids is 3. The fourth-order valence-electron chi connectivity index (χ4n) is 3.80. The van der Waals surface area contributed by atoms with Crippen molar-refractivity contribution in [2.24, 2.45) is 0 Å². The van der Waals surface area contributed by atoms with Gasteiger partial charge >= 0.3 is 0 Å². The van der Waals surface area contributed by atoms with Gasteiger partial charge in [0.25, 0.3) is 11.8 Å². The minimum atomic E-state index is -0.442. The Bertz CT molecular complexity index is 1500. The minimum absolute atomic E-state index is 0.0907. The third-order valence-electron chi connectivity index (χ3n) is 5.95. The van der Waals surface area contributed by atoms with E-state index in [2.05, 4.69) is 30.9 Å². The van der Waals surface area contributed by atoms with Gasteiger partial charge in [-0.05, 0) is 48.2 Å². The summed E-state index contributed by atoms with van der Waals surface area (Å²) >= 11 is 0. The van der Waals surface area contributed by atoms with Gasteiger partial charge in [-0.1, -0.05) is 31.2 Å². The van der Waals surface area contributed by atoms with Crippen LogP contribution in [0.2, 0.25) is 0 Å². The predicted molar refractivity (Wildman–Crippen MR) is 137 cm³/mol. The third-order valence-corrected chi connectivity index (χ3v) is 5.95. The topological polar surface area (TPSA) is 129 Å². The van der Waals surface area contributed by atoms with Crippen LogP contribution in [0.1, 0.15) is 56.4 Å². The van der Waals surface area contributed by atoms with Crippen molar-refractivity contribution in [3.8, 4) is 0 Å². The molecular formula is C27H27FN6O3. The van der Waals surface area contributed by atoms with Crippen molar-refractivity contribution < 1.29 is 18.8 Å². The van der Waals surface area contributed by atoms with E-state index >= 15 is 0 Å². The van der Waals surface area contributed by atoms with Gasteiger partial charge in [-0.15, -0.1) is 0 Å². The quantitative estimate of drug-likeness (QED) is 0.290. The summed E-state index contributed by atoms with van der Waals surface area (Å²) < 4.78 is 13.5. The van der Waals surface area contributed by atoms with Gasteiger partial charge in [-0.3, -0.25) is 14.4 Å². The van der Waals surface area contributed by atoms with E-state index in [0.29, 0.717) is 28.7 Å². The van der Waals surface area contributed by atoms with E-state index in [1.54, 1.807) is 26.0 Å². The Morgan fingerprint density at radius 1 is 0.919 bits per heavy atom. The molecule has 9 nitrogen and oxygen atoms in total. The summed E-state index contributed by atoms with van der Waals surface area (Å²) in [6, 6.07) is 10.2. The van der Waals surface area contributed by atoms with Crippen LogP contribution in [0.3, 0.4) is 0 Å².